The Labute approximate surface area is 141 Å². The Hall–Kier alpha value is -2.47. The Kier molecular flexibility index (Phi) is 4.00. The lowest BCUT2D eigenvalue weighted by Crippen LogP contribution is -2.04. The molecule has 0 spiro atoms. The SMILES string of the molecule is Cc1cc2ncnc(Nc3ccc(Br)cc3C(=O)O)c2cc1C. The molecular formula is C17H14BrN3O2. The molecule has 2 N–H and O–H groups in total. The topological polar surface area (TPSA) is 75.1 Å². The molecule has 0 aliphatic rings. The summed E-state index contributed by atoms with van der Waals surface area (Å²) in [4.78, 5) is 20.0. The molecule has 0 amide bonds. The largest absolute Gasteiger partial charge is 0.478 e. The zero-order valence-corrected chi connectivity index (χ0v) is 14.2. The van der Waals surface area contributed by atoms with E-state index in [1.807, 2.05) is 26.0 Å². The predicted octanol–water partition coefficient (Wildman–Crippen LogP) is 4.45. The number of nitrogens with one attached hydrogen (secondary N) is 1. The van der Waals surface area contributed by atoms with E-state index >= 15 is 0 Å². The van der Waals surface area contributed by atoms with Gasteiger partial charge in [-0.15, -0.1) is 0 Å². The number of aromatic nitrogens is 2. The van der Waals surface area contributed by atoms with Gasteiger partial charge in [0.05, 0.1) is 16.8 Å². The van der Waals surface area contributed by atoms with E-state index in [2.05, 4.69) is 31.2 Å². The molecule has 2 aromatic carbocycles. The Morgan fingerprint density at radius 3 is 2.61 bits per heavy atom. The van der Waals surface area contributed by atoms with E-state index in [1.54, 1.807) is 18.2 Å². The van der Waals surface area contributed by atoms with Gasteiger partial charge in [-0.25, -0.2) is 14.8 Å². The van der Waals surface area contributed by atoms with E-state index in [0.717, 1.165) is 22.0 Å². The summed E-state index contributed by atoms with van der Waals surface area (Å²) in [5, 5.41) is 13.3. The molecule has 6 heteroatoms. The van der Waals surface area contributed by atoms with Crippen LogP contribution < -0.4 is 5.32 Å². The van der Waals surface area contributed by atoms with Crippen molar-refractivity contribution in [1.82, 2.24) is 9.97 Å². The summed E-state index contributed by atoms with van der Waals surface area (Å²) in [7, 11) is 0. The molecule has 0 aliphatic carbocycles. The normalized spacial score (nSPS) is 10.7. The van der Waals surface area contributed by atoms with Gasteiger partial charge >= 0.3 is 5.97 Å². The lowest BCUT2D eigenvalue weighted by Gasteiger charge is -2.12. The van der Waals surface area contributed by atoms with Crippen LogP contribution in [0.1, 0.15) is 21.5 Å². The molecular weight excluding hydrogens is 358 g/mol. The van der Waals surface area contributed by atoms with Crippen molar-refractivity contribution in [2.75, 3.05) is 5.32 Å². The third kappa shape index (κ3) is 3.03. The number of anilines is 2. The summed E-state index contributed by atoms with van der Waals surface area (Å²) in [5.41, 5.74) is 3.76. The molecule has 0 bridgehead atoms. The van der Waals surface area contributed by atoms with E-state index < -0.39 is 5.97 Å². The highest BCUT2D eigenvalue weighted by Gasteiger charge is 2.13. The van der Waals surface area contributed by atoms with Crippen LogP contribution in [0.15, 0.2) is 41.1 Å². The molecule has 5 nitrogen and oxygen atoms in total. The number of rotatable bonds is 3. The highest BCUT2D eigenvalue weighted by atomic mass is 79.9. The first kappa shape index (κ1) is 15.4. The van der Waals surface area contributed by atoms with E-state index in [-0.39, 0.29) is 5.56 Å². The first-order chi connectivity index (χ1) is 11.0. The molecule has 3 aromatic rings. The minimum Gasteiger partial charge on any atom is -0.478 e. The van der Waals surface area contributed by atoms with Crippen molar-refractivity contribution in [2.45, 2.75) is 13.8 Å². The molecule has 0 radical (unpaired) electrons. The molecule has 23 heavy (non-hydrogen) atoms. The first-order valence-electron chi connectivity index (χ1n) is 6.97. The van der Waals surface area contributed by atoms with Gasteiger partial charge in [0.25, 0.3) is 0 Å². The zero-order chi connectivity index (χ0) is 16.6. The number of halogens is 1. The second-order valence-corrected chi connectivity index (χ2v) is 6.21. The first-order valence-corrected chi connectivity index (χ1v) is 7.77. The fourth-order valence-electron chi connectivity index (χ4n) is 2.35. The van der Waals surface area contributed by atoms with Crippen molar-refractivity contribution in [3.8, 4) is 0 Å². The third-order valence-corrected chi connectivity index (χ3v) is 4.21. The standard InChI is InChI=1S/C17H14BrN3O2/c1-9-5-12-15(6-10(9)2)19-8-20-16(12)21-14-4-3-11(18)7-13(14)17(22)23/h3-8H,1-2H3,(H,22,23)(H,19,20,21). The fourth-order valence-corrected chi connectivity index (χ4v) is 2.71. The fraction of sp³-hybridized carbons (Fsp3) is 0.118. The predicted molar refractivity (Wildman–Crippen MR) is 93.4 cm³/mol. The number of carboxylic acid groups (broad SMARTS) is 1. The Bertz CT molecular complexity index is 925. The Morgan fingerprint density at radius 1 is 1.13 bits per heavy atom. The molecule has 0 fully saturated rings. The molecule has 0 aliphatic heterocycles. The van der Waals surface area contributed by atoms with Gasteiger partial charge in [0.1, 0.15) is 12.1 Å². The number of benzene rings is 2. The molecule has 3 rings (SSSR count). The third-order valence-electron chi connectivity index (χ3n) is 3.72. The average Bonchev–Trinajstić information content (AvgIpc) is 2.50. The van der Waals surface area contributed by atoms with Crippen LogP contribution in [0.2, 0.25) is 0 Å². The number of nitrogens with zero attached hydrogens (tertiary/aromatic N) is 2. The number of aryl methyl sites for hydroxylation is 2. The summed E-state index contributed by atoms with van der Waals surface area (Å²) >= 11 is 3.29. The van der Waals surface area contributed by atoms with Gasteiger partial charge in [0.15, 0.2) is 0 Å². The molecule has 0 atom stereocenters. The van der Waals surface area contributed by atoms with Crippen LogP contribution >= 0.6 is 15.9 Å². The minimum absolute atomic E-state index is 0.176. The monoisotopic (exact) mass is 371 g/mol. The Morgan fingerprint density at radius 2 is 1.87 bits per heavy atom. The van der Waals surface area contributed by atoms with Crippen LogP contribution in [0.5, 0.6) is 0 Å². The van der Waals surface area contributed by atoms with E-state index in [1.165, 1.54) is 6.33 Å². The van der Waals surface area contributed by atoms with E-state index in [4.69, 9.17) is 0 Å². The van der Waals surface area contributed by atoms with Gasteiger partial charge in [-0.05, 0) is 55.3 Å². The van der Waals surface area contributed by atoms with Crippen LogP contribution in [-0.4, -0.2) is 21.0 Å². The minimum atomic E-state index is -1.00. The Balaban J connectivity index is 2.13. The van der Waals surface area contributed by atoms with Gasteiger partial charge in [0.2, 0.25) is 0 Å². The summed E-state index contributed by atoms with van der Waals surface area (Å²) in [6.45, 7) is 4.05. The molecule has 116 valence electrons. The summed E-state index contributed by atoms with van der Waals surface area (Å²) in [6.07, 6.45) is 1.47. The van der Waals surface area contributed by atoms with Crippen molar-refractivity contribution in [2.24, 2.45) is 0 Å². The number of fused-ring (bicyclic) bond motifs is 1. The second kappa shape index (κ2) is 5.96. The molecule has 0 saturated heterocycles. The van der Waals surface area contributed by atoms with Crippen LogP contribution in [0.25, 0.3) is 10.9 Å². The van der Waals surface area contributed by atoms with Crippen molar-refractivity contribution in [3.63, 3.8) is 0 Å². The lowest BCUT2D eigenvalue weighted by molar-refractivity contribution is 0.0698. The highest BCUT2D eigenvalue weighted by Crippen LogP contribution is 2.28. The highest BCUT2D eigenvalue weighted by molar-refractivity contribution is 9.10. The van der Waals surface area contributed by atoms with Crippen LogP contribution in [-0.2, 0) is 0 Å². The van der Waals surface area contributed by atoms with Gasteiger partial charge in [-0.1, -0.05) is 15.9 Å². The molecule has 1 aromatic heterocycles. The number of hydrogen-bond acceptors (Lipinski definition) is 4. The molecule has 0 unspecified atom stereocenters. The molecule has 0 saturated carbocycles. The van der Waals surface area contributed by atoms with Crippen molar-refractivity contribution in [1.29, 1.82) is 0 Å². The lowest BCUT2D eigenvalue weighted by atomic mass is 10.1. The van der Waals surface area contributed by atoms with Gasteiger partial charge < -0.3 is 10.4 Å². The maximum Gasteiger partial charge on any atom is 0.337 e. The van der Waals surface area contributed by atoms with Gasteiger partial charge in [-0.3, -0.25) is 0 Å². The quantitative estimate of drug-likeness (QED) is 0.711. The maximum absolute atomic E-state index is 11.4. The summed E-state index contributed by atoms with van der Waals surface area (Å²) < 4.78 is 0.708. The molecule has 1 heterocycles. The average molecular weight is 372 g/mol. The van der Waals surface area contributed by atoms with Crippen LogP contribution in [0.3, 0.4) is 0 Å². The number of carbonyl (C=O) groups is 1. The van der Waals surface area contributed by atoms with Crippen molar-refractivity contribution in [3.05, 3.63) is 57.8 Å². The summed E-state index contributed by atoms with van der Waals surface area (Å²) in [6, 6.07) is 9.06. The van der Waals surface area contributed by atoms with Crippen molar-refractivity contribution < 1.29 is 9.90 Å². The van der Waals surface area contributed by atoms with E-state index in [9.17, 15) is 9.90 Å². The second-order valence-electron chi connectivity index (χ2n) is 5.30. The number of aromatic carboxylic acids is 1. The van der Waals surface area contributed by atoms with Crippen LogP contribution in [0.4, 0.5) is 11.5 Å². The van der Waals surface area contributed by atoms with Crippen molar-refractivity contribution >= 4 is 44.3 Å². The number of hydrogen-bond donors (Lipinski definition) is 2. The maximum atomic E-state index is 11.4. The van der Waals surface area contributed by atoms with Gasteiger partial charge in [0, 0.05) is 9.86 Å². The summed E-state index contributed by atoms with van der Waals surface area (Å²) in [5.74, 6) is -0.415. The van der Waals surface area contributed by atoms with Crippen LogP contribution in [0, 0.1) is 13.8 Å². The zero-order valence-electron chi connectivity index (χ0n) is 12.6. The van der Waals surface area contributed by atoms with Gasteiger partial charge in [-0.2, -0.15) is 0 Å². The van der Waals surface area contributed by atoms with E-state index in [0.29, 0.717) is 16.0 Å². The smallest absolute Gasteiger partial charge is 0.337 e. The number of carboxylic acids is 1.